The monoisotopic (exact) mass is 280 g/mol. The lowest BCUT2D eigenvalue weighted by atomic mass is 9.99. The highest BCUT2D eigenvalue weighted by molar-refractivity contribution is 5.34. The van der Waals surface area contributed by atoms with Crippen LogP contribution < -0.4 is 5.73 Å². The fourth-order valence-corrected chi connectivity index (χ4v) is 2.41. The number of nitrogens with two attached hydrogens (primary N) is 1. The van der Waals surface area contributed by atoms with Gasteiger partial charge in [0.05, 0.1) is 17.6 Å². The van der Waals surface area contributed by atoms with Gasteiger partial charge in [0.25, 0.3) is 5.69 Å². The van der Waals surface area contributed by atoms with Crippen LogP contribution in [0.4, 0.5) is 5.69 Å². The van der Waals surface area contributed by atoms with Gasteiger partial charge in [-0.1, -0.05) is 13.8 Å². The summed E-state index contributed by atoms with van der Waals surface area (Å²) in [5.74, 6) is -0.609. The molecule has 0 aromatic heterocycles. The number of hydrogen-bond donors (Lipinski definition) is 1. The molecule has 20 heavy (non-hydrogen) atoms. The van der Waals surface area contributed by atoms with Gasteiger partial charge in [-0.3, -0.25) is 10.1 Å². The molecular formula is C14H20N2O4. The molecule has 0 saturated carbocycles. The summed E-state index contributed by atoms with van der Waals surface area (Å²) in [6.07, 6.45) is 1.17. The molecule has 1 heterocycles. The molecule has 0 spiro atoms. The lowest BCUT2D eigenvalue weighted by Gasteiger charge is -2.43. The predicted octanol–water partition coefficient (Wildman–Crippen LogP) is 2.53. The number of ether oxygens (including phenoxy) is 2. The van der Waals surface area contributed by atoms with E-state index in [9.17, 15) is 10.1 Å². The van der Waals surface area contributed by atoms with E-state index in [0.29, 0.717) is 6.61 Å². The van der Waals surface area contributed by atoms with Crippen molar-refractivity contribution < 1.29 is 14.4 Å². The molecule has 0 radical (unpaired) electrons. The first-order valence-electron chi connectivity index (χ1n) is 6.83. The number of benzene rings is 1. The maximum atomic E-state index is 10.7. The van der Waals surface area contributed by atoms with Gasteiger partial charge in [0.1, 0.15) is 6.10 Å². The van der Waals surface area contributed by atoms with Crippen LogP contribution in [0.2, 0.25) is 0 Å². The normalized spacial score (nSPS) is 25.4. The fraction of sp³-hybridized carbons (Fsp3) is 0.571. The molecule has 2 rings (SSSR count). The lowest BCUT2D eigenvalue weighted by Crippen LogP contribution is -2.50. The third-order valence-corrected chi connectivity index (χ3v) is 3.78. The predicted molar refractivity (Wildman–Crippen MR) is 74.2 cm³/mol. The lowest BCUT2D eigenvalue weighted by molar-refractivity contribution is -0.384. The Balaban J connectivity index is 2.23. The quantitative estimate of drug-likeness (QED) is 0.676. The second-order valence-corrected chi connectivity index (χ2v) is 4.98. The molecule has 2 atom stereocenters. The van der Waals surface area contributed by atoms with Crippen molar-refractivity contribution in [1.82, 2.24) is 0 Å². The summed E-state index contributed by atoms with van der Waals surface area (Å²) in [7, 11) is 0. The summed E-state index contributed by atoms with van der Waals surface area (Å²) in [6, 6.07) is 6.07. The summed E-state index contributed by atoms with van der Waals surface area (Å²) in [4.78, 5) is 10.3. The molecule has 110 valence electrons. The van der Waals surface area contributed by atoms with Crippen LogP contribution in [0.1, 0.15) is 38.4 Å². The molecule has 1 fully saturated rings. The maximum Gasteiger partial charge on any atom is 0.269 e. The van der Waals surface area contributed by atoms with Crippen molar-refractivity contribution in [2.75, 3.05) is 6.61 Å². The Morgan fingerprint density at radius 1 is 1.35 bits per heavy atom. The van der Waals surface area contributed by atoms with Crippen molar-refractivity contribution in [3.63, 3.8) is 0 Å². The molecule has 2 N–H and O–H groups in total. The summed E-state index contributed by atoms with van der Waals surface area (Å²) in [6.45, 7) is 4.43. The Labute approximate surface area is 118 Å². The molecule has 1 saturated heterocycles. The van der Waals surface area contributed by atoms with Gasteiger partial charge < -0.3 is 15.2 Å². The number of rotatable bonds is 4. The highest BCUT2D eigenvalue weighted by Gasteiger charge is 2.39. The first-order chi connectivity index (χ1) is 9.51. The number of nitro groups is 1. The topological polar surface area (TPSA) is 87.6 Å². The van der Waals surface area contributed by atoms with Crippen LogP contribution in [0, 0.1) is 10.1 Å². The third-order valence-electron chi connectivity index (χ3n) is 3.78. The van der Waals surface area contributed by atoms with Crippen LogP contribution in [-0.2, 0) is 9.47 Å². The van der Waals surface area contributed by atoms with Gasteiger partial charge in [0.2, 0.25) is 0 Å². The molecule has 1 aliphatic heterocycles. The Morgan fingerprint density at radius 2 is 1.95 bits per heavy atom. The zero-order valence-electron chi connectivity index (χ0n) is 11.7. The Kier molecular flexibility index (Phi) is 4.37. The van der Waals surface area contributed by atoms with Crippen LogP contribution in [0.5, 0.6) is 0 Å². The summed E-state index contributed by atoms with van der Waals surface area (Å²) in [5.41, 5.74) is 6.96. The minimum Gasteiger partial charge on any atom is -0.348 e. The van der Waals surface area contributed by atoms with Crippen molar-refractivity contribution >= 4 is 5.69 Å². The Morgan fingerprint density at radius 3 is 2.45 bits per heavy atom. The van der Waals surface area contributed by atoms with E-state index in [1.54, 1.807) is 12.1 Å². The number of non-ortho nitro benzene ring substituents is 1. The average molecular weight is 280 g/mol. The zero-order chi connectivity index (χ0) is 14.8. The van der Waals surface area contributed by atoms with Crippen molar-refractivity contribution in [3.8, 4) is 0 Å². The van der Waals surface area contributed by atoms with Gasteiger partial charge in [0, 0.05) is 12.1 Å². The van der Waals surface area contributed by atoms with E-state index in [1.807, 2.05) is 13.8 Å². The van der Waals surface area contributed by atoms with E-state index >= 15 is 0 Å². The van der Waals surface area contributed by atoms with Gasteiger partial charge in [-0.05, 0) is 30.5 Å². The van der Waals surface area contributed by atoms with Crippen molar-refractivity contribution in [1.29, 1.82) is 0 Å². The molecule has 1 aromatic carbocycles. The van der Waals surface area contributed by atoms with E-state index in [1.165, 1.54) is 12.1 Å². The first-order valence-corrected chi connectivity index (χ1v) is 6.83. The number of hydrogen-bond acceptors (Lipinski definition) is 5. The van der Waals surface area contributed by atoms with Crippen LogP contribution in [0.3, 0.4) is 0 Å². The standard InChI is InChI=1S/C14H20N2O4/c1-3-14(4-2)19-9-12(15)13(20-14)10-5-7-11(8-6-10)16(17)18/h5-8,12-13H,3-4,9,15H2,1-2H3/t12-,13?/m0/s1. The van der Waals surface area contributed by atoms with E-state index in [2.05, 4.69) is 0 Å². The van der Waals surface area contributed by atoms with Crippen molar-refractivity contribution in [2.24, 2.45) is 5.73 Å². The average Bonchev–Trinajstić information content (AvgIpc) is 2.48. The van der Waals surface area contributed by atoms with Crippen LogP contribution in [0.15, 0.2) is 24.3 Å². The van der Waals surface area contributed by atoms with E-state index < -0.39 is 10.7 Å². The molecule has 6 nitrogen and oxygen atoms in total. The molecular weight excluding hydrogens is 260 g/mol. The van der Waals surface area contributed by atoms with E-state index in [4.69, 9.17) is 15.2 Å². The summed E-state index contributed by atoms with van der Waals surface area (Å²) in [5, 5.41) is 10.7. The second kappa shape index (κ2) is 5.87. The molecule has 0 bridgehead atoms. The SMILES string of the molecule is CCC1(CC)OC[C@H](N)C(c2ccc([N+](=O)[O-])cc2)O1. The van der Waals surface area contributed by atoms with Gasteiger partial charge >= 0.3 is 0 Å². The van der Waals surface area contributed by atoms with E-state index in [0.717, 1.165) is 18.4 Å². The molecule has 1 aromatic rings. The first kappa shape index (κ1) is 14.9. The largest absolute Gasteiger partial charge is 0.348 e. The highest BCUT2D eigenvalue weighted by atomic mass is 16.7. The van der Waals surface area contributed by atoms with Gasteiger partial charge in [-0.15, -0.1) is 0 Å². The minimum absolute atomic E-state index is 0.0617. The molecule has 1 aliphatic rings. The Hall–Kier alpha value is -1.50. The maximum absolute atomic E-state index is 10.7. The van der Waals surface area contributed by atoms with Crippen molar-refractivity contribution in [3.05, 3.63) is 39.9 Å². The third kappa shape index (κ3) is 2.82. The highest BCUT2D eigenvalue weighted by Crippen LogP contribution is 2.36. The summed E-state index contributed by atoms with van der Waals surface area (Å²) >= 11 is 0. The number of nitro benzene ring substituents is 1. The smallest absolute Gasteiger partial charge is 0.269 e. The minimum atomic E-state index is -0.609. The van der Waals surface area contributed by atoms with Gasteiger partial charge in [-0.2, -0.15) is 0 Å². The molecule has 0 amide bonds. The van der Waals surface area contributed by atoms with Crippen LogP contribution in [-0.4, -0.2) is 23.4 Å². The fourth-order valence-electron chi connectivity index (χ4n) is 2.41. The van der Waals surface area contributed by atoms with Crippen LogP contribution in [0.25, 0.3) is 0 Å². The van der Waals surface area contributed by atoms with Crippen molar-refractivity contribution in [2.45, 2.75) is 44.6 Å². The molecule has 0 aliphatic carbocycles. The van der Waals surface area contributed by atoms with Gasteiger partial charge in [0.15, 0.2) is 5.79 Å². The number of nitrogens with zero attached hydrogens (tertiary/aromatic N) is 1. The van der Waals surface area contributed by atoms with Gasteiger partial charge in [-0.25, -0.2) is 0 Å². The zero-order valence-corrected chi connectivity index (χ0v) is 11.7. The summed E-state index contributed by atoms with van der Waals surface area (Å²) < 4.78 is 11.8. The molecule has 1 unspecified atom stereocenters. The Bertz CT molecular complexity index is 471. The second-order valence-electron chi connectivity index (χ2n) is 4.98. The molecule has 6 heteroatoms. The van der Waals surface area contributed by atoms with Crippen LogP contribution >= 0.6 is 0 Å². The van der Waals surface area contributed by atoms with E-state index in [-0.39, 0.29) is 17.8 Å².